The van der Waals surface area contributed by atoms with E-state index < -0.39 is 0 Å². The molecule has 2 saturated heterocycles. The molecule has 2 atom stereocenters. The van der Waals surface area contributed by atoms with Crippen LogP contribution in [0.15, 0.2) is 4.99 Å². The number of guanidine groups is 1. The van der Waals surface area contributed by atoms with Crippen LogP contribution in [0.2, 0.25) is 0 Å². The number of carbonyl (C=O) groups is 1. The minimum Gasteiger partial charge on any atom is -0.378 e. The number of ether oxygens (including phenoxy) is 1. The number of hydrogen-bond donors (Lipinski definition) is 1. The lowest BCUT2D eigenvalue weighted by Gasteiger charge is -2.42. The molecule has 2 aliphatic heterocycles. The molecule has 0 aromatic carbocycles. The number of likely N-dealkylation sites (N-methyl/N-ethyl adjacent to an activating group) is 1. The van der Waals surface area contributed by atoms with Crippen LogP contribution in [-0.2, 0) is 9.53 Å². The van der Waals surface area contributed by atoms with Gasteiger partial charge in [-0.05, 0) is 25.7 Å². The quantitative estimate of drug-likeness (QED) is 0.620. The van der Waals surface area contributed by atoms with E-state index in [1.807, 2.05) is 0 Å². The van der Waals surface area contributed by atoms with Crippen molar-refractivity contribution in [2.24, 2.45) is 10.9 Å². The van der Waals surface area contributed by atoms with Crippen molar-refractivity contribution in [1.82, 2.24) is 15.1 Å². The van der Waals surface area contributed by atoms with Gasteiger partial charge in [-0.15, -0.1) is 0 Å². The highest BCUT2D eigenvalue weighted by Gasteiger charge is 2.33. The Balaban J connectivity index is 1.98. The number of hydrogen-bond acceptors (Lipinski definition) is 3. The van der Waals surface area contributed by atoms with Crippen LogP contribution in [0.1, 0.15) is 32.6 Å². The van der Waals surface area contributed by atoms with E-state index in [2.05, 4.69) is 22.1 Å². The molecule has 2 heterocycles. The maximum Gasteiger partial charge on any atom is 0.243 e. The second-order valence-electron chi connectivity index (χ2n) is 6.40. The topological polar surface area (TPSA) is 57.2 Å². The number of aliphatic imine (C=N–C) groups is 1. The van der Waals surface area contributed by atoms with E-state index in [0.717, 1.165) is 51.5 Å². The fourth-order valence-electron chi connectivity index (χ4n) is 3.07. The van der Waals surface area contributed by atoms with Crippen LogP contribution >= 0.6 is 0 Å². The summed E-state index contributed by atoms with van der Waals surface area (Å²) in [6, 6.07) is 0. The van der Waals surface area contributed by atoms with Crippen molar-refractivity contribution in [1.29, 1.82) is 0 Å². The number of nitrogens with zero attached hydrogens (tertiary/aromatic N) is 3. The first-order valence-corrected chi connectivity index (χ1v) is 8.46. The van der Waals surface area contributed by atoms with E-state index in [9.17, 15) is 4.79 Å². The second kappa shape index (κ2) is 8.36. The van der Waals surface area contributed by atoms with E-state index in [-0.39, 0.29) is 12.5 Å². The van der Waals surface area contributed by atoms with Crippen LogP contribution in [0.25, 0.3) is 0 Å². The largest absolute Gasteiger partial charge is 0.378 e. The van der Waals surface area contributed by atoms with Gasteiger partial charge in [-0.3, -0.25) is 4.79 Å². The van der Waals surface area contributed by atoms with Gasteiger partial charge < -0.3 is 19.9 Å². The predicted molar refractivity (Wildman–Crippen MR) is 87.9 cm³/mol. The van der Waals surface area contributed by atoms with Crippen LogP contribution in [0, 0.1) is 5.92 Å². The minimum atomic E-state index is 0.0340. The Kier molecular flexibility index (Phi) is 6.49. The number of rotatable bonds is 4. The van der Waals surface area contributed by atoms with Gasteiger partial charge in [0.25, 0.3) is 0 Å². The molecule has 0 aromatic heterocycles. The molecule has 0 saturated carbocycles. The SMILES string of the molecule is CCCNC(=NCC(=O)N(C)C)N1CCC2OCCCC2C1. The number of nitrogens with one attached hydrogen (secondary N) is 1. The van der Waals surface area contributed by atoms with Crippen molar-refractivity contribution < 1.29 is 9.53 Å². The standard InChI is InChI=1S/C16H30N4O2/c1-4-8-17-16(18-11-15(21)19(2)3)20-9-7-14-13(12-20)6-5-10-22-14/h13-14H,4-12H2,1-3H3,(H,17,18). The van der Waals surface area contributed by atoms with Crippen molar-refractivity contribution in [3.63, 3.8) is 0 Å². The molecule has 2 rings (SSSR count). The Labute approximate surface area is 133 Å². The van der Waals surface area contributed by atoms with Crippen molar-refractivity contribution in [3.05, 3.63) is 0 Å². The molecular weight excluding hydrogens is 280 g/mol. The molecule has 0 spiro atoms. The summed E-state index contributed by atoms with van der Waals surface area (Å²) in [4.78, 5) is 20.2. The molecule has 1 amide bonds. The van der Waals surface area contributed by atoms with Crippen LogP contribution < -0.4 is 5.32 Å². The Hall–Kier alpha value is -1.30. The molecule has 126 valence electrons. The fraction of sp³-hybridized carbons (Fsp3) is 0.875. The molecule has 2 unspecified atom stereocenters. The number of amides is 1. The third-order valence-electron chi connectivity index (χ3n) is 4.41. The lowest BCUT2D eigenvalue weighted by atomic mass is 9.88. The minimum absolute atomic E-state index is 0.0340. The van der Waals surface area contributed by atoms with Gasteiger partial charge in [0, 0.05) is 46.3 Å². The molecule has 2 aliphatic rings. The van der Waals surface area contributed by atoms with Crippen LogP contribution in [0.4, 0.5) is 0 Å². The lowest BCUT2D eigenvalue weighted by molar-refractivity contribution is -0.127. The van der Waals surface area contributed by atoms with Gasteiger partial charge >= 0.3 is 0 Å². The van der Waals surface area contributed by atoms with Gasteiger partial charge in [0.2, 0.25) is 5.91 Å². The first-order valence-electron chi connectivity index (χ1n) is 8.46. The average molecular weight is 310 g/mol. The molecule has 0 radical (unpaired) electrons. The van der Waals surface area contributed by atoms with Gasteiger partial charge in [-0.2, -0.15) is 0 Å². The summed E-state index contributed by atoms with van der Waals surface area (Å²) in [5.41, 5.74) is 0. The smallest absolute Gasteiger partial charge is 0.243 e. The molecule has 0 aromatic rings. The third kappa shape index (κ3) is 4.60. The van der Waals surface area contributed by atoms with Crippen LogP contribution in [0.3, 0.4) is 0 Å². The predicted octanol–water partition coefficient (Wildman–Crippen LogP) is 0.931. The van der Waals surface area contributed by atoms with Gasteiger partial charge in [-0.25, -0.2) is 4.99 Å². The highest BCUT2D eigenvalue weighted by atomic mass is 16.5. The summed E-state index contributed by atoms with van der Waals surface area (Å²) in [6.07, 6.45) is 4.91. The van der Waals surface area contributed by atoms with Gasteiger partial charge in [0.15, 0.2) is 5.96 Å². The Morgan fingerprint density at radius 2 is 2.23 bits per heavy atom. The van der Waals surface area contributed by atoms with E-state index in [4.69, 9.17) is 4.74 Å². The van der Waals surface area contributed by atoms with Gasteiger partial charge in [0.1, 0.15) is 6.54 Å². The fourth-order valence-corrected chi connectivity index (χ4v) is 3.07. The van der Waals surface area contributed by atoms with E-state index >= 15 is 0 Å². The molecule has 0 bridgehead atoms. The average Bonchev–Trinajstić information content (AvgIpc) is 2.54. The van der Waals surface area contributed by atoms with Crippen molar-refractivity contribution >= 4 is 11.9 Å². The Bertz CT molecular complexity index is 398. The molecule has 0 aliphatic carbocycles. The molecule has 2 fully saturated rings. The summed E-state index contributed by atoms with van der Waals surface area (Å²) >= 11 is 0. The van der Waals surface area contributed by atoms with E-state index in [1.165, 1.54) is 6.42 Å². The third-order valence-corrected chi connectivity index (χ3v) is 4.41. The van der Waals surface area contributed by atoms with E-state index in [1.54, 1.807) is 19.0 Å². The zero-order valence-electron chi connectivity index (χ0n) is 14.2. The molecule has 1 N–H and O–H groups in total. The molecule has 22 heavy (non-hydrogen) atoms. The number of fused-ring (bicyclic) bond motifs is 1. The second-order valence-corrected chi connectivity index (χ2v) is 6.40. The molecule has 6 heteroatoms. The summed E-state index contributed by atoms with van der Waals surface area (Å²) in [5, 5.41) is 3.39. The zero-order chi connectivity index (χ0) is 15.9. The first-order chi connectivity index (χ1) is 10.6. The number of likely N-dealkylation sites (tertiary alicyclic amines) is 1. The monoisotopic (exact) mass is 310 g/mol. The summed E-state index contributed by atoms with van der Waals surface area (Å²) in [6.45, 7) is 6.07. The lowest BCUT2D eigenvalue weighted by Crippen LogP contribution is -2.52. The van der Waals surface area contributed by atoms with Crippen molar-refractivity contribution in [3.8, 4) is 0 Å². The first kappa shape index (κ1) is 17.1. The summed E-state index contributed by atoms with van der Waals surface area (Å²) in [5.74, 6) is 1.51. The van der Waals surface area contributed by atoms with Crippen LogP contribution in [-0.4, -0.2) is 74.7 Å². The van der Waals surface area contributed by atoms with E-state index in [0.29, 0.717) is 12.0 Å². The highest BCUT2D eigenvalue weighted by Crippen LogP contribution is 2.28. The highest BCUT2D eigenvalue weighted by molar-refractivity contribution is 5.84. The number of piperidine rings is 1. The maximum atomic E-state index is 11.8. The molecule has 6 nitrogen and oxygen atoms in total. The van der Waals surface area contributed by atoms with Gasteiger partial charge in [0.05, 0.1) is 6.10 Å². The summed E-state index contributed by atoms with van der Waals surface area (Å²) in [7, 11) is 3.53. The normalized spacial score (nSPS) is 25.6. The summed E-state index contributed by atoms with van der Waals surface area (Å²) < 4.78 is 5.87. The van der Waals surface area contributed by atoms with Crippen molar-refractivity contribution in [2.75, 3.05) is 46.9 Å². The Morgan fingerprint density at radius 3 is 2.95 bits per heavy atom. The Morgan fingerprint density at radius 1 is 1.41 bits per heavy atom. The number of carbonyl (C=O) groups excluding carboxylic acids is 1. The molecular formula is C16H30N4O2. The maximum absolute atomic E-state index is 11.8. The van der Waals surface area contributed by atoms with Gasteiger partial charge in [-0.1, -0.05) is 6.92 Å². The zero-order valence-corrected chi connectivity index (χ0v) is 14.2. The van der Waals surface area contributed by atoms with Crippen LogP contribution in [0.5, 0.6) is 0 Å². The van der Waals surface area contributed by atoms with Crippen molar-refractivity contribution in [2.45, 2.75) is 38.7 Å².